The summed E-state index contributed by atoms with van der Waals surface area (Å²) in [6, 6.07) is 14.9. The number of aromatic nitrogens is 1. The van der Waals surface area contributed by atoms with Gasteiger partial charge in [0.05, 0.1) is 16.1 Å². The van der Waals surface area contributed by atoms with E-state index in [2.05, 4.69) is 10.1 Å². The molecule has 3 rings (SSSR count). The van der Waals surface area contributed by atoms with Crippen molar-refractivity contribution in [1.82, 2.24) is 4.98 Å². The minimum atomic E-state index is -3.81. The second-order valence-electron chi connectivity index (χ2n) is 5.96. The molecule has 0 saturated heterocycles. The van der Waals surface area contributed by atoms with Crippen LogP contribution in [0, 0.1) is 5.82 Å². The molecule has 150 valence electrons. The van der Waals surface area contributed by atoms with Crippen molar-refractivity contribution in [2.75, 3.05) is 0 Å². The first kappa shape index (κ1) is 21.2. The van der Waals surface area contributed by atoms with Crippen molar-refractivity contribution in [3.8, 4) is 0 Å². The zero-order valence-corrected chi connectivity index (χ0v) is 17.2. The maximum atomic E-state index is 13.1. The van der Waals surface area contributed by atoms with Crippen LogP contribution in [0.3, 0.4) is 0 Å². The molecule has 5 nitrogen and oxygen atoms in total. The lowest BCUT2D eigenvalue weighted by Crippen LogP contribution is -2.15. The third-order valence-corrected chi connectivity index (χ3v) is 6.56. The first-order chi connectivity index (χ1) is 13.9. The van der Waals surface area contributed by atoms with E-state index in [1.165, 1.54) is 42.7 Å². The molecular weight excluding hydrogens is 438 g/mol. The molecule has 3 aromatic rings. The van der Waals surface area contributed by atoms with Crippen molar-refractivity contribution < 1.29 is 17.6 Å². The predicted molar refractivity (Wildman–Crippen MR) is 110 cm³/mol. The summed E-state index contributed by atoms with van der Waals surface area (Å²) in [4.78, 5) is 9.28. The van der Waals surface area contributed by atoms with E-state index in [9.17, 15) is 12.8 Å². The van der Waals surface area contributed by atoms with Gasteiger partial charge in [-0.05, 0) is 35.9 Å². The molecule has 0 aliphatic carbocycles. The Morgan fingerprint density at radius 2 is 1.86 bits per heavy atom. The van der Waals surface area contributed by atoms with Crippen LogP contribution in [0.4, 0.5) is 4.39 Å². The number of hydrogen-bond acceptors (Lipinski definition) is 5. The maximum absolute atomic E-state index is 13.1. The minimum absolute atomic E-state index is 0.0490. The molecule has 0 N–H and O–H groups in total. The topological polar surface area (TPSA) is 68.6 Å². The molecule has 0 amide bonds. The zero-order valence-electron chi connectivity index (χ0n) is 14.9. The van der Waals surface area contributed by atoms with E-state index < -0.39 is 20.9 Å². The van der Waals surface area contributed by atoms with Gasteiger partial charge in [0.15, 0.2) is 9.84 Å². The highest BCUT2D eigenvalue weighted by atomic mass is 35.5. The smallest absolute Gasteiger partial charge is 0.190 e. The van der Waals surface area contributed by atoms with E-state index in [0.29, 0.717) is 11.1 Å². The lowest BCUT2D eigenvalue weighted by Gasteiger charge is -2.14. The lowest BCUT2D eigenvalue weighted by molar-refractivity contribution is 0.131. The van der Waals surface area contributed by atoms with Gasteiger partial charge < -0.3 is 4.84 Å². The van der Waals surface area contributed by atoms with E-state index in [1.54, 1.807) is 24.3 Å². The van der Waals surface area contributed by atoms with Crippen molar-refractivity contribution in [2.24, 2.45) is 5.16 Å². The summed E-state index contributed by atoms with van der Waals surface area (Å²) in [5.41, 5.74) is 0.895. The predicted octanol–water partition coefficient (Wildman–Crippen LogP) is 5.25. The number of oxime groups is 1. The van der Waals surface area contributed by atoms with E-state index in [0.717, 1.165) is 6.07 Å². The summed E-state index contributed by atoms with van der Waals surface area (Å²) in [5.74, 6) is -0.466. The SMILES string of the molecule is O=S(=O)(c1ccccc1)[C@@H](/C=N\OCc1ccc(F)cc1Cl)c1ccc(Cl)nc1. The second-order valence-corrected chi connectivity index (χ2v) is 8.82. The Labute approximate surface area is 177 Å². The van der Waals surface area contributed by atoms with E-state index in [1.807, 2.05) is 0 Å². The number of hydrogen-bond donors (Lipinski definition) is 0. The number of rotatable bonds is 7. The average Bonchev–Trinajstić information content (AvgIpc) is 2.71. The van der Waals surface area contributed by atoms with Crippen LogP contribution < -0.4 is 0 Å². The molecule has 9 heteroatoms. The Morgan fingerprint density at radius 1 is 1.10 bits per heavy atom. The van der Waals surface area contributed by atoms with Crippen molar-refractivity contribution in [2.45, 2.75) is 16.8 Å². The second kappa shape index (κ2) is 9.35. The summed E-state index contributed by atoms with van der Waals surface area (Å²) in [5, 5.41) is 3.09. The van der Waals surface area contributed by atoms with Gasteiger partial charge in [0.2, 0.25) is 0 Å². The number of nitrogens with zero attached hydrogens (tertiary/aromatic N) is 2. The summed E-state index contributed by atoms with van der Waals surface area (Å²) in [6.45, 7) is -0.0490. The average molecular weight is 453 g/mol. The van der Waals surface area contributed by atoms with Gasteiger partial charge >= 0.3 is 0 Å². The van der Waals surface area contributed by atoms with Gasteiger partial charge in [-0.25, -0.2) is 17.8 Å². The fourth-order valence-electron chi connectivity index (χ4n) is 2.50. The van der Waals surface area contributed by atoms with Crippen molar-refractivity contribution >= 4 is 39.3 Å². The van der Waals surface area contributed by atoms with Crippen LogP contribution >= 0.6 is 23.2 Å². The minimum Gasteiger partial charge on any atom is -0.391 e. The van der Waals surface area contributed by atoms with Crippen LogP contribution in [0.2, 0.25) is 10.2 Å². The highest BCUT2D eigenvalue weighted by molar-refractivity contribution is 7.92. The number of pyridine rings is 1. The number of benzene rings is 2. The van der Waals surface area contributed by atoms with Crippen molar-refractivity contribution in [3.05, 3.63) is 94.0 Å². The molecule has 29 heavy (non-hydrogen) atoms. The van der Waals surface area contributed by atoms with Gasteiger partial charge in [-0.15, -0.1) is 0 Å². The van der Waals surface area contributed by atoms with Crippen LogP contribution in [0.15, 0.2) is 76.9 Å². The molecule has 2 aromatic carbocycles. The molecule has 0 fully saturated rings. The largest absolute Gasteiger partial charge is 0.391 e. The molecule has 0 radical (unpaired) electrons. The molecule has 1 aromatic heterocycles. The zero-order chi connectivity index (χ0) is 20.9. The summed E-state index contributed by atoms with van der Waals surface area (Å²) in [7, 11) is -3.81. The van der Waals surface area contributed by atoms with Gasteiger partial charge in [0.25, 0.3) is 0 Å². The van der Waals surface area contributed by atoms with Gasteiger partial charge in [-0.1, -0.05) is 58.7 Å². The highest BCUT2D eigenvalue weighted by Gasteiger charge is 2.28. The summed E-state index contributed by atoms with van der Waals surface area (Å²) in [6.07, 6.45) is 2.54. The fraction of sp³-hybridized carbons (Fsp3) is 0.100. The Hall–Kier alpha value is -2.48. The Kier molecular flexibility index (Phi) is 6.84. The van der Waals surface area contributed by atoms with Crippen LogP contribution in [0.5, 0.6) is 0 Å². The van der Waals surface area contributed by atoms with Crippen LogP contribution in [0.25, 0.3) is 0 Å². The Bertz CT molecular complexity index is 1110. The Balaban J connectivity index is 1.85. The normalized spacial score (nSPS) is 12.8. The third-order valence-electron chi connectivity index (χ3n) is 3.99. The lowest BCUT2D eigenvalue weighted by atomic mass is 10.2. The van der Waals surface area contributed by atoms with Gasteiger partial charge in [-0.2, -0.15) is 0 Å². The first-order valence-corrected chi connectivity index (χ1v) is 10.7. The standard InChI is InChI=1S/C20H15Cl2FN2O3S/c21-18-10-16(23)8-6-15(18)13-28-25-12-19(14-7-9-20(22)24-11-14)29(26,27)17-4-2-1-3-5-17/h1-12,19H,13H2/b25-12-/t19-/m0/s1. The molecule has 0 saturated carbocycles. The van der Waals surface area contributed by atoms with Crippen LogP contribution in [-0.2, 0) is 21.3 Å². The Morgan fingerprint density at radius 3 is 2.52 bits per heavy atom. The van der Waals surface area contributed by atoms with Crippen LogP contribution in [-0.4, -0.2) is 19.6 Å². The quantitative estimate of drug-likeness (QED) is 0.279. The van der Waals surface area contributed by atoms with Crippen molar-refractivity contribution in [1.29, 1.82) is 0 Å². The highest BCUT2D eigenvalue weighted by Crippen LogP contribution is 2.28. The molecule has 0 aliphatic heterocycles. The molecule has 0 spiro atoms. The maximum Gasteiger partial charge on any atom is 0.190 e. The monoisotopic (exact) mass is 452 g/mol. The molecule has 0 aliphatic rings. The van der Waals surface area contributed by atoms with Gasteiger partial charge in [-0.3, -0.25) is 0 Å². The molecular formula is C20H15Cl2FN2O3S. The van der Waals surface area contributed by atoms with Crippen LogP contribution in [0.1, 0.15) is 16.4 Å². The fourth-order valence-corrected chi connectivity index (χ4v) is 4.37. The first-order valence-electron chi connectivity index (χ1n) is 8.37. The number of halogens is 3. The van der Waals surface area contributed by atoms with Crippen molar-refractivity contribution in [3.63, 3.8) is 0 Å². The van der Waals surface area contributed by atoms with E-state index in [-0.39, 0.29) is 21.7 Å². The van der Waals surface area contributed by atoms with E-state index in [4.69, 9.17) is 28.0 Å². The molecule has 1 heterocycles. The van der Waals surface area contributed by atoms with E-state index >= 15 is 0 Å². The molecule has 1 atom stereocenters. The summed E-state index contributed by atoms with van der Waals surface area (Å²) >= 11 is 11.8. The molecule has 0 bridgehead atoms. The summed E-state index contributed by atoms with van der Waals surface area (Å²) < 4.78 is 39.3. The molecule has 0 unspecified atom stereocenters. The van der Waals surface area contributed by atoms with Gasteiger partial charge in [0, 0.05) is 11.8 Å². The third kappa shape index (κ3) is 5.32. The number of sulfone groups is 1. The van der Waals surface area contributed by atoms with Gasteiger partial charge in [0.1, 0.15) is 22.8 Å².